The van der Waals surface area contributed by atoms with Gasteiger partial charge in [-0.15, -0.1) is 0 Å². The second kappa shape index (κ2) is 10.6. The van der Waals surface area contributed by atoms with Crippen LogP contribution in [-0.2, 0) is 6.61 Å². The minimum Gasteiger partial charge on any atom is -0.488 e. The molecule has 0 aliphatic rings. The molecule has 9 heteroatoms. The number of rotatable bonds is 6. The first-order valence-electron chi connectivity index (χ1n) is 10.4. The number of halogens is 4. The van der Waals surface area contributed by atoms with Gasteiger partial charge in [-0.3, -0.25) is 4.79 Å². The highest BCUT2D eigenvalue weighted by atomic mass is 79.9. The predicted molar refractivity (Wildman–Crippen MR) is 146 cm³/mol. The number of hydrogen-bond acceptors (Lipinski definition) is 4. The molecule has 0 fully saturated rings. The van der Waals surface area contributed by atoms with Gasteiger partial charge in [-0.2, -0.15) is 9.78 Å². The molecular weight excluding hydrogens is 605 g/mol. The van der Waals surface area contributed by atoms with Crippen LogP contribution in [0.4, 0.5) is 0 Å². The molecule has 3 aromatic carbocycles. The summed E-state index contributed by atoms with van der Waals surface area (Å²) >= 11 is 19.0. The van der Waals surface area contributed by atoms with Crippen molar-refractivity contribution in [3.63, 3.8) is 0 Å². The molecule has 4 aromatic rings. The Morgan fingerprint density at radius 2 is 1.76 bits per heavy atom. The van der Waals surface area contributed by atoms with Crippen LogP contribution in [0.3, 0.4) is 0 Å². The molecule has 0 radical (unpaired) electrons. The first kappa shape index (κ1) is 24.9. The third-order valence-electron chi connectivity index (χ3n) is 5.01. The summed E-state index contributed by atoms with van der Waals surface area (Å²) in [6.07, 6.45) is 1.60. The van der Waals surface area contributed by atoms with Gasteiger partial charge in [-0.1, -0.05) is 75.0 Å². The summed E-state index contributed by atoms with van der Waals surface area (Å²) in [5, 5.41) is 5.97. The number of ether oxygens (including phenoxy) is 1. The van der Waals surface area contributed by atoms with E-state index in [1.807, 2.05) is 50.2 Å². The lowest BCUT2D eigenvalue weighted by Gasteiger charge is -2.13. The highest BCUT2D eigenvalue weighted by Crippen LogP contribution is 2.26. The summed E-state index contributed by atoms with van der Waals surface area (Å²) in [7, 11) is 0. The highest BCUT2D eigenvalue weighted by molar-refractivity contribution is 9.10. The van der Waals surface area contributed by atoms with Crippen LogP contribution in [0.25, 0.3) is 10.9 Å². The Kier molecular flexibility index (Phi) is 7.77. The van der Waals surface area contributed by atoms with Gasteiger partial charge < -0.3 is 4.74 Å². The molecule has 0 aliphatic heterocycles. The molecule has 34 heavy (non-hydrogen) atoms. The quantitative estimate of drug-likeness (QED) is 0.206. The Morgan fingerprint density at radius 3 is 2.50 bits per heavy atom. The summed E-state index contributed by atoms with van der Waals surface area (Å²) in [4.78, 5) is 18.0. The molecule has 0 unspecified atom stereocenters. The topological polar surface area (TPSA) is 56.5 Å². The van der Waals surface area contributed by atoms with Gasteiger partial charge in [0.1, 0.15) is 18.2 Å². The third kappa shape index (κ3) is 5.54. The minimum atomic E-state index is -0.237. The zero-order chi connectivity index (χ0) is 24.4. The van der Waals surface area contributed by atoms with Crippen molar-refractivity contribution in [2.75, 3.05) is 0 Å². The Morgan fingerprint density at radius 1 is 1.03 bits per heavy atom. The number of aromatic nitrogens is 2. The maximum absolute atomic E-state index is 13.3. The zero-order valence-electron chi connectivity index (χ0n) is 18.2. The number of fused-ring (bicyclic) bond motifs is 1. The van der Waals surface area contributed by atoms with Crippen LogP contribution in [0.15, 0.2) is 73.4 Å². The van der Waals surface area contributed by atoms with Crippen LogP contribution in [0.1, 0.15) is 36.7 Å². The van der Waals surface area contributed by atoms with Crippen molar-refractivity contribution in [2.24, 2.45) is 5.10 Å². The zero-order valence-corrected chi connectivity index (χ0v) is 22.9. The highest BCUT2D eigenvalue weighted by Gasteiger charge is 2.14. The Bertz CT molecular complexity index is 1470. The van der Waals surface area contributed by atoms with Crippen LogP contribution in [0.2, 0.25) is 10.0 Å². The van der Waals surface area contributed by atoms with Gasteiger partial charge in [0, 0.05) is 20.4 Å². The Balaban J connectivity index is 1.72. The fourth-order valence-corrected chi connectivity index (χ4v) is 4.37. The maximum Gasteiger partial charge on any atom is 0.282 e. The van der Waals surface area contributed by atoms with Crippen LogP contribution >= 0.6 is 55.1 Å². The Labute approximate surface area is 223 Å². The average molecular weight is 624 g/mol. The van der Waals surface area contributed by atoms with Crippen LogP contribution in [-0.4, -0.2) is 15.9 Å². The van der Waals surface area contributed by atoms with Crippen molar-refractivity contribution in [1.82, 2.24) is 9.66 Å². The lowest BCUT2D eigenvalue weighted by atomic mass is 10.2. The van der Waals surface area contributed by atoms with Crippen molar-refractivity contribution in [2.45, 2.75) is 26.4 Å². The molecule has 0 saturated carbocycles. The fraction of sp³-hybridized carbons (Fsp3) is 0.160. The van der Waals surface area contributed by atoms with Gasteiger partial charge in [-0.25, -0.2) is 4.98 Å². The normalized spacial score (nSPS) is 11.6. The summed E-state index contributed by atoms with van der Waals surface area (Å²) in [6.45, 7) is 4.24. The van der Waals surface area contributed by atoms with E-state index in [2.05, 4.69) is 41.9 Å². The SMILES string of the molecule is CC(C)c1nc2ccc(Br)cc2c(=O)n1N=Cc1cc(Br)ccc1OCc1ccc(Cl)c(Cl)c1. The lowest BCUT2D eigenvalue weighted by molar-refractivity contribution is 0.305. The van der Waals surface area contributed by atoms with Crippen LogP contribution in [0, 0.1) is 0 Å². The second-order valence-electron chi connectivity index (χ2n) is 7.87. The molecule has 5 nitrogen and oxygen atoms in total. The molecule has 0 atom stereocenters. The molecule has 0 saturated heterocycles. The van der Waals surface area contributed by atoms with Crippen molar-refractivity contribution >= 4 is 72.2 Å². The van der Waals surface area contributed by atoms with E-state index in [0.717, 1.165) is 14.5 Å². The van der Waals surface area contributed by atoms with Gasteiger partial charge in [0.15, 0.2) is 0 Å². The molecule has 1 heterocycles. The molecule has 174 valence electrons. The molecule has 0 spiro atoms. The van der Waals surface area contributed by atoms with Crippen molar-refractivity contribution < 1.29 is 4.74 Å². The molecular formula is C25H19Br2Cl2N3O2. The van der Waals surface area contributed by atoms with Crippen molar-refractivity contribution in [3.8, 4) is 5.75 Å². The van der Waals surface area contributed by atoms with Crippen molar-refractivity contribution in [3.05, 3.63) is 101 Å². The summed E-state index contributed by atoms with van der Waals surface area (Å²) in [5.74, 6) is 1.17. The summed E-state index contributed by atoms with van der Waals surface area (Å²) in [5.41, 5.74) is 1.98. The molecule has 0 amide bonds. The fourth-order valence-electron chi connectivity index (χ4n) is 3.31. The molecule has 4 rings (SSSR count). The molecule has 0 bridgehead atoms. The number of hydrogen-bond donors (Lipinski definition) is 0. The third-order valence-corrected chi connectivity index (χ3v) is 6.74. The van der Waals surface area contributed by atoms with E-state index < -0.39 is 0 Å². The Hall–Kier alpha value is -2.19. The van der Waals surface area contributed by atoms with Gasteiger partial charge in [0.05, 0.1) is 27.2 Å². The minimum absolute atomic E-state index is 0.00854. The summed E-state index contributed by atoms with van der Waals surface area (Å²) < 4.78 is 9.04. The summed E-state index contributed by atoms with van der Waals surface area (Å²) in [6, 6.07) is 16.4. The first-order valence-corrected chi connectivity index (χ1v) is 12.7. The van der Waals surface area contributed by atoms with E-state index in [9.17, 15) is 4.79 Å². The van der Waals surface area contributed by atoms with E-state index in [0.29, 0.717) is 44.7 Å². The second-order valence-corrected chi connectivity index (χ2v) is 10.5. The van der Waals surface area contributed by atoms with E-state index in [1.165, 1.54) is 4.68 Å². The van der Waals surface area contributed by atoms with Gasteiger partial charge in [0.25, 0.3) is 5.56 Å². The van der Waals surface area contributed by atoms with Crippen LogP contribution in [0.5, 0.6) is 5.75 Å². The van der Waals surface area contributed by atoms with Gasteiger partial charge in [0.2, 0.25) is 0 Å². The van der Waals surface area contributed by atoms with Gasteiger partial charge >= 0.3 is 0 Å². The van der Waals surface area contributed by atoms with E-state index in [1.54, 1.807) is 24.4 Å². The van der Waals surface area contributed by atoms with Gasteiger partial charge in [-0.05, 0) is 54.1 Å². The standard InChI is InChI=1S/C25H19Br2Cl2N3O2/c1-14(2)24-31-22-7-4-18(27)11-19(22)25(33)32(24)30-12-16-10-17(26)5-8-23(16)34-13-15-3-6-20(28)21(29)9-15/h3-12,14H,13H2,1-2H3. The van der Waals surface area contributed by atoms with E-state index in [-0.39, 0.29) is 11.5 Å². The van der Waals surface area contributed by atoms with E-state index in [4.69, 9.17) is 27.9 Å². The maximum atomic E-state index is 13.3. The molecule has 0 aliphatic carbocycles. The molecule has 0 N–H and O–H groups in total. The van der Waals surface area contributed by atoms with Crippen LogP contribution < -0.4 is 10.3 Å². The van der Waals surface area contributed by atoms with Crippen molar-refractivity contribution in [1.29, 1.82) is 0 Å². The lowest BCUT2D eigenvalue weighted by Crippen LogP contribution is -2.23. The smallest absolute Gasteiger partial charge is 0.282 e. The predicted octanol–water partition coefficient (Wildman–Crippen LogP) is 7.81. The number of nitrogens with zero attached hydrogens (tertiary/aromatic N) is 3. The number of benzene rings is 3. The molecule has 1 aromatic heterocycles. The average Bonchev–Trinajstić information content (AvgIpc) is 2.80. The van der Waals surface area contributed by atoms with E-state index >= 15 is 0 Å². The largest absolute Gasteiger partial charge is 0.488 e. The monoisotopic (exact) mass is 621 g/mol. The first-order chi connectivity index (χ1) is 16.2.